The topological polar surface area (TPSA) is 63.8 Å². The van der Waals surface area contributed by atoms with Crippen molar-refractivity contribution in [2.24, 2.45) is 0 Å². The van der Waals surface area contributed by atoms with Gasteiger partial charge in [-0.15, -0.1) is 0 Å². The highest BCUT2D eigenvalue weighted by molar-refractivity contribution is 6.30. The van der Waals surface area contributed by atoms with Gasteiger partial charge in [0.05, 0.1) is 5.69 Å². The van der Waals surface area contributed by atoms with Gasteiger partial charge >= 0.3 is 0 Å². The van der Waals surface area contributed by atoms with Gasteiger partial charge in [-0.05, 0) is 31.4 Å². The van der Waals surface area contributed by atoms with E-state index in [2.05, 4.69) is 15.3 Å². The van der Waals surface area contributed by atoms with Crippen molar-refractivity contribution in [1.82, 2.24) is 9.97 Å². The summed E-state index contributed by atoms with van der Waals surface area (Å²) in [5, 5.41) is 4.09. The third-order valence-corrected chi connectivity index (χ3v) is 3.59. The summed E-state index contributed by atoms with van der Waals surface area (Å²) >= 11 is 5.89. The number of rotatable bonds is 3. The Bertz CT molecular complexity index is 578. The second-order valence-corrected chi connectivity index (χ2v) is 5.21. The largest absolute Gasteiger partial charge is 0.368 e. The molecule has 0 saturated heterocycles. The van der Waals surface area contributed by atoms with Gasteiger partial charge in [-0.25, -0.2) is 4.98 Å². The van der Waals surface area contributed by atoms with Gasteiger partial charge < -0.3 is 11.1 Å². The predicted molar refractivity (Wildman–Crippen MR) is 78.2 cm³/mol. The first-order valence-electron chi connectivity index (χ1n) is 6.38. The number of hydrogen-bond donors (Lipinski definition) is 2. The average Bonchev–Trinajstić information content (AvgIpc) is 2.34. The molecule has 1 aliphatic carbocycles. The zero-order valence-electron chi connectivity index (χ0n) is 10.4. The van der Waals surface area contributed by atoms with E-state index in [0.717, 1.165) is 17.1 Å². The number of nitrogen functional groups attached to an aromatic ring is 1. The summed E-state index contributed by atoms with van der Waals surface area (Å²) in [5.41, 5.74) is 7.57. The molecule has 1 heterocycles. The first kappa shape index (κ1) is 12.2. The zero-order chi connectivity index (χ0) is 13.2. The van der Waals surface area contributed by atoms with Crippen LogP contribution in [0.15, 0.2) is 30.3 Å². The van der Waals surface area contributed by atoms with Crippen molar-refractivity contribution in [3.05, 3.63) is 35.4 Å². The smallest absolute Gasteiger partial charge is 0.222 e. The molecule has 0 aliphatic heterocycles. The summed E-state index contributed by atoms with van der Waals surface area (Å²) in [6.45, 7) is 0. The third kappa shape index (κ3) is 2.79. The van der Waals surface area contributed by atoms with E-state index in [1.165, 1.54) is 19.3 Å². The molecule has 0 atom stereocenters. The second kappa shape index (κ2) is 5.05. The minimum Gasteiger partial charge on any atom is -0.368 e. The summed E-state index contributed by atoms with van der Waals surface area (Å²) in [7, 11) is 0. The molecule has 0 amide bonds. The van der Waals surface area contributed by atoms with Gasteiger partial charge in [0.15, 0.2) is 0 Å². The minimum atomic E-state index is 0.286. The standard InChI is InChI=1S/C14H15ClN4/c15-10-6-4-9(5-7-10)12-8-13(19-14(16)18-12)17-11-2-1-3-11/h4-8,11H,1-3H2,(H3,16,17,18,19). The lowest BCUT2D eigenvalue weighted by Crippen LogP contribution is -2.27. The van der Waals surface area contributed by atoms with Gasteiger partial charge in [-0.1, -0.05) is 23.7 Å². The van der Waals surface area contributed by atoms with Crippen molar-refractivity contribution >= 4 is 23.4 Å². The summed E-state index contributed by atoms with van der Waals surface area (Å²) in [4.78, 5) is 8.50. The molecule has 5 heteroatoms. The van der Waals surface area contributed by atoms with E-state index < -0.39 is 0 Å². The molecule has 4 nitrogen and oxygen atoms in total. The average molecular weight is 275 g/mol. The quantitative estimate of drug-likeness (QED) is 0.901. The number of nitrogens with zero attached hydrogens (tertiary/aromatic N) is 2. The van der Waals surface area contributed by atoms with E-state index in [-0.39, 0.29) is 5.95 Å². The van der Waals surface area contributed by atoms with E-state index in [4.69, 9.17) is 17.3 Å². The van der Waals surface area contributed by atoms with Crippen molar-refractivity contribution in [2.75, 3.05) is 11.1 Å². The van der Waals surface area contributed by atoms with Gasteiger partial charge in [0.2, 0.25) is 5.95 Å². The molecule has 1 aromatic carbocycles. The van der Waals surface area contributed by atoms with Gasteiger partial charge in [-0.3, -0.25) is 0 Å². The second-order valence-electron chi connectivity index (χ2n) is 4.78. The van der Waals surface area contributed by atoms with Crippen molar-refractivity contribution in [3.8, 4) is 11.3 Å². The molecule has 0 bridgehead atoms. The highest BCUT2D eigenvalue weighted by atomic mass is 35.5. The molecule has 3 N–H and O–H groups in total. The Morgan fingerprint density at radius 2 is 1.89 bits per heavy atom. The van der Waals surface area contributed by atoms with E-state index in [1.54, 1.807) is 0 Å². The molecule has 1 aliphatic rings. The lowest BCUT2D eigenvalue weighted by atomic mass is 9.93. The molecule has 0 radical (unpaired) electrons. The molecule has 0 unspecified atom stereocenters. The van der Waals surface area contributed by atoms with Crippen LogP contribution in [0.25, 0.3) is 11.3 Å². The van der Waals surface area contributed by atoms with Gasteiger partial charge in [0.25, 0.3) is 0 Å². The molecule has 19 heavy (non-hydrogen) atoms. The minimum absolute atomic E-state index is 0.286. The normalized spacial score (nSPS) is 15.0. The SMILES string of the molecule is Nc1nc(NC2CCC2)cc(-c2ccc(Cl)cc2)n1. The van der Waals surface area contributed by atoms with Crippen LogP contribution in [0, 0.1) is 0 Å². The molecule has 1 saturated carbocycles. The number of halogens is 1. The maximum Gasteiger partial charge on any atom is 0.222 e. The van der Waals surface area contributed by atoms with E-state index in [0.29, 0.717) is 11.1 Å². The fraction of sp³-hybridized carbons (Fsp3) is 0.286. The monoisotopic (exact) mass is 274 g/mol. The van der Waals surface area contributed by atoms with Crippen LogP contribution in [0.1, 0.15) is 19.3 Å². The maximum absolute atomic E-state index is 5.89. The Balaban J connectivity index is 1.89. The molecule has 1 fully saturated rings. The number of hydrogen-bond acceptors (Lipinski definition) is 4. The number of benzene rings is 1. The van der Waals surface area contributed by atoms with Crippen LogP contribution in [-0.2, 0) is 0 Å². The van der Waals surface area contributed by atoms with Crippen molar-refractivity contribution < 1.29 is 0 Å². The third-order valence-electron chi connectivity index (χ3n) is 3.34. The number of aromatic nitrogens is 2. The highest BCUT2D eigenvalue weighted by Gasteiger charge is 2.18. The van der Waals surface area contributed by atoms with Crippen LogP contribution < -0.4 is 11.1 Å². The lowest BCUT2D eigenvalue weighted by molar-refractivity contribution is 0.444. The fourth-order valence-electron chi connectivity index (χ4n) is 2.07. The number of nitrogens with two attached hydrogens (primary N) is 1. The fourth-order valence-corrected chi connectivity index (χ4v) is 2.20. The summed E-state index contributed by atoms with van der Waals surface area (Å²) < 4.78 is 0. The summed E-state index contributed by atoms with van der Waals surface area (Å²) in [6.07, 6.45) is 3.67. The zero-order valence-corrected chi connectivity index (χ0v) is 11.2. The van der Waals surface area contributed by atoms with E-state index in [9.17, 15) is 0 Å². The number of nitrogens with one attached hydrogen (secondary N) is 1. The molecule has 0 spiro atoms. The maximum atomic E-state index is 5.89. The van der Waals surface area contributed by atoms with Crippen LogP contribution >= 0.6 is 11.6 Å². The first-order valence-corrected chi connectivity index (χ1v) is 6.75. The van der Waals surface area contributed by atoms with Crippen LogP contribution in [0.4, 0.5) is 11.8 Å². The summed E-state index contributed by atoms with van der Waals surface area (Å²) in [6, 6.07) is 9.99. The Hall–Kier alpha value is -1.81. The Morgan fingerprint density at radius 3 is 2.53 bits per heavy atom. The van der Waals surface area contributed by atoms with Crippen molar-refractivity contribution in [1.29, 1.82) is 0 Å². The van der Waals surface area contributed by atoms with Gasteiger partial charge in [-0.2, -0.15) is 4.98 Å². The van der Waals surface area contributed by atoms with Crippen molar-refractivity contribution in [3.63, 3.8) is 0 Å². The highest BCUT2D eigenvalue weighted by Crippen LogP contribution is 2.26. The molecule has 3 rings (SSSR count). The van der Waals surface area contributed by atoms with Gasteiger partial charge in [0.1, 0.15) is 5.82 Å². The first-order chi connectivity index (χ1) is 9.20. The Kier molecular flexibility index (Phi) is 3.25. The molecular formula is C14H15ClN4. The van der Waals surface area contributed by atoms with Crippen LogP contribution in [-0.4, -0.2) is 16.0 Å². The van der Waals surface area contributed by atoms with E-state index >= 15 is 0 Å². The Morgan fingerprint density at radius 1 is 1.16 bits per heavy atom. The summed E-state index contributed by atoms with van der Waals surface area (Å²) in [5.74, 6) is 1.08. The lowest BCUT2D eigenvalue weighted by Gasteiger charge is -2.27. The molecule has 2 aromatic rings. The van der Waals surface area contributed by atoms with Crippen molar-refractivity contribution in [2.45, 2.75) is 25.3 Å². The predicted octanol–water partition coefficient (Wildman–Crippen LogP) is 3.34. The van der Waals surface area contributed by atoms with E-state index in [1.807, 2.05) is 30.3 Å². The number of anilines is 2. The van der Waals surface area contributed by atoms with Crippen LogP contribution in [0.5, 0.6) is 0 Å². The van der Waals surface area contributed by atoms with Crippen LogP contribution in [0.2, 0.25) is 5.02 Å². The van der Waals surface area contributed by atoms with Crippen LogP contribution in [0.3, 0.4) is 0 Å². The molecular weight excluding hydrogens is 260 g/mol. The molecule has 1 aromatic heterocycles. The Labute approximate surface area is 117 Å². The molecule has 98 valence electrons. The van der Waals surface area contributed by atoms with Gasteiger partial charge in [0, 0.05) is 22.7 Å².